The van der Waals surface area contributed by atoms with Crippen LogP contribution < -0.4 is 19.5 Å². The predicted molar refractivity (Wildman–Crippen MR) is 108 cm³/mol. The van der Waals surface area contributed by atoms with Gasteiger partial charge in [0.1, 0.15) is 19.0 Å². The third kappa shape index (κ3) is 4.26. The van der Waals surface area contributed by atoms with Crippen LogP contribution in [0.1, 0.15) is 12.5 Å². The van der Waals surface area contributed by atoms with Gasteiger partial charge in [0.05, 0.1) is 5.69 Å². The number of nitrogens with zero attached hydrogens (tertiary/aromatic N) is 1. The van der Waals surface area contributed by atoms with Crippen LogP contribution in [-0.2, 0) is 11.2 Å². The highest BCUT2D eigenvalue weighted by Crippen LogP contribution is 2.35. The molecule has 0 radical (unpaired) electrons. The number of hydrogen-bond acceptors (Lipinski definition) is 6. The van der Waals surface area contributed by atoms with Gasteiger partial charge in [0.15, 0.2) is 23.2 Å². The van der Waals surface area contributed by atoms with Crippen molar-refractivity contribution in [2.75, 3.05) is 25.1 Å². The standard InChI is InChI=1S/C21H20N2O4S/c1-2-14-4-3-5-16(10-14)27-12-20(24)23-21-22-17(13-28-21)15-6-7-18-19(11-15)26-9-8-25-18/h3-7,10-11,13H,2,8-9,12H2,1H3,(H,22,23,24). The third-order valence-electron chi connectivity index (χ3n) is 4.27. The molecule has 144 valence electrons. The molecule has 0 bridgehead atoms. The van der Waals surface area contributed by atoms with Gasteiger partial charge in [0.25, 0.3) is 5.91 Å². The van der Waals surface area contributed by atoms with Crippen molar-refractivity contribution in [2.24, 2.45) is 0 Å². The van der Waals surface area contributed by atoms with E-state index >= 15 is 0 Å². The summed E-state index contributed by atoms with van der Waals surface area (Å²) in [6, 6.07) is 13.4. The van der Waals surface area contributed by atoms with E-state index < -0.39 is 0 Å². The molecule has 0 atom stereocenters. The van der Waals surface area contributed by atoms with Crippen LogP contribution in [0.25, 0.3) is 11.3 Å². The lowest BCUT2D eigenvalue weighted by Gasteiger charge is -2.18. The minimum absolute atomic E-state index is 0.0634. The van der Waals surface area contributed by atoms with E-state index in [0.717, 1.165) is 23.4 Å². The first-order valence-corrected chi connectivity index (χ1v) is 9.96. The number of anilines is 1. The number of aryl methyl sites for hydroxylation is 1. The van der Waals surface area contributed by atoms with Crippen molar-refractivity contribution >= 4 is 22.4 Å². The molecular formula is C21H20N2O4S. The molecule has 2 aromatic carbocycles. The molecule has 28 heavy (non-hydrogen) atoms. The number of fused-ring (bicyclic) bond motifs is 1. The smallest absolute Gasteiger partial charge is 0.264 e. The molecule has 0 fully saturated rings. The highest BCUT2D eigenvalue weighted by atomic mass is 32.1. The zero-order valence-electron chi connectivity index (χ0n) is 15.4. The molecule has 4 rings (SSSR count). The lowest BCUT2D eigenvalue weighted by atomic mass is 10.1. The van der Waals surface area contributed by atoms with Crippen LogP contribution in [-0.4, -0.2) is 30.7 Å². The number of aromatic nitrogens is 1. The number of ether oxygens (including phenoxy) is 3. The summed E-state index contributed by atoms with van der Waals surface area (Å²) in [5.74, 6) is 1.89. The molecule has 0 saturated heterocycles. The lowest BCUT2D eigenvalue weighted by Crippen LogP contribution is -2.20. The molecule has 0 spiro atoms. The largest absolute Gasteiger partial charge is 0.486 e. The summed E-state index contributed by atoms with van der Waals surface area (Å²) in [5, 5.41) is 5.20. The van der Waals surface area contributed by atoms with E-state index in [1.807, 2.05) is 47.8 Å². The van der Waals surface area contributed by atoms with E-state index in [0.29, 0.717) is 29.8 Å². The molecule has 1 aliphatic rings. The van der Waals surface area contributed by atoms with Gasteiger partial charge in [-0.2, -0.15) is 0 Å². The van der Waals surface area contributed by atoms with Crippen LogP contribution in [0.5, 0.6) is 17.2 Å². The van der Waals surface area contributed by atoms with Crippen LogP contribution in [0.2, 0.25) is 0 Å². The molecule has 6 nitrogen and oxygen atoms in total. The molecule has 1 amide bonds. The maximum Gasteiger partial charge on any atom is 0.264 e. The molecule has 1 N–H and O–H groups in total. The van der Waals surface area contributed by atoms with Crippen molar-refractivity contribution in [3.63, 3.8) is 0 Å². The molecular weight excluding hydrogens is 376 g/mol. The van der Waals surface area contributed by atoms with E-state index in [9.17, 15) is 4.79 Å². The molecule has 0 saturated carbocycles. The van der Waals surface area contributed by atoms with Gasteiger partial charge in [-0.3, -0.25) is 10.1 Å². The summed E-state index contributed by atoms with van der Waals surface area (Å²) >= 11 is 1.37. The molecule has 1 aliphatic heterocycles. The number of thiazole rings is 1. The minimum Gasteiger partial charge on any atom is -0.486 e. The van der Waals surface area contributed by atoms with E-state index in [1.165, 1.54) is 16.9 Å². The first-order valence-electron chi connectivity index (χ1n) is 9.08. The fraction of sp³-hybridized carbons (Fsp3) is 0.238. The Kier molecular flexibility index (Phi) is 5.43. The molecule has 3 aromatic rings. The SMILES string of the molecule is CCc1cccc(OCC(=O)Nc2nc(-c3ccc4c(c3)OCCO4)cs2)c1. The number of nitrogens with one attached hydrogen (secondary N) is 1. The molecule has 0 aliphatic carbocycles. The van der Waals surface area contributed by atoms with Crippen molar-refractivity contribution in [1.82, 2.24) is 4.98 Å². The van der Waals surface area contributed by atoms with Gasteiger partial charge in [-0.15, -0.1) is 11.3 Å². The Morgan fingerprint density at radius 3 is 2.89 bits per heavy atom. The van der Waals surface area contributed by atoms with Crippen LogP contribution in [0.15, 0.2) is 47.8 Å². The third-order valence-corrected chi connectivity index (χ3v) is 5.02. The molecule has 7 heteroatoms. The average Bonchev–Trinajstić information content (AvgIpc) is 3.20. The van der Waals surface area contributed by atoms with Gasteiger partial charge in [-0.1, -0.05) is 19.1 Å². The van der Waals surface area contributed by atoms with Crippen molar-refractivity contribution in [3.8, 4) is 28.5 Å². The van der Waals surface area contributed by atoms with Crippen molar-refractivity contribution in [1.29, 1.82) is 0 Å². The predicted octanol–water partition coefficient (Wildman–Crippen LogP) is 4.16. The number of carbonyl (C=O) groups excluding carboxylic acids is 1. The fourth-order valence-electron chi connectivity index (χ4n) is 2.83. The minimum atomic E-state index is -0.245. The highest BCUT2D eigenvalue weighted by molar-refractivity contribution is 7.14. The zero-order valence-corrected chi connectivity index (χ0v) is 16.3. The summed E-state index contributed by atoms with van der Waals surface area (Å²) < 4.78 is 16.7. The Morgan fingerprint density at radius 1 is 1.18 bits per heavy atom. The summed E-state index contributed by atoms with van der Waals surface area (Å²) in [5.41, 5.74) is 2.85. The summed E-state index contributed by atoms with van der Waals surface area (Å²) in [4.78, 5) is 16.7. The number of benzene rings is 2. The number of hydrogen-bond donors (Lipinski definition) is 1. The van der Waals surface area contributed by atoms with Gasteiger partial charge in [-0.25, -0.2) is 4.98 Å². The second kappa shape index (κ2) is 8.31. The van der Waals surface area contributed by atoms with Gasteiger partial charge < -0.3 is 14.2 Å². The van der Waals surface area contributed by atoms with Crippen molar-refractivity contribution in [3.05, 3.63) is 53.4 Å². The molecule has 0 unspecified atom stereocenters. The first-order chi connectivity index (χ1) is 13.7. The summed E-state index contributed by atoms with van der Waals surface area (Å²) in [6.07, 6.45) is 0.922. The Morgan fingerprint density at radius 2 is 2.04 bits per heavy atom. The second-order valence-electron chi connectivity index (χ2n) is 6.23. The van der Waals surface area contributed by atoms with Gasteiger partial charge >= 0.3 is 0 Å². The lowest BCUT2D eigenvalue weighted by molar-refractivity contribution is -0.118. The Bertz CT molecular complexity index is 986. The number of amides is 1. The molecule has 2 heterocycles. The Hall–Kier alpha value is -3.06. The Labute approximate surface area is 167 Å². The monoisotopic (exact) mass is 396 g/mol. The Balaban J connectivity index is 1.37. The normalized spacial score (nSPS) is 12.5. The number of rotatable bonds is 6. The van der Waals surface area contributed by atoms with Crippen LogP contribution >= 0.6 is 11.3 Å². The van der Waals surface area contributed by atoms with E-state index in [2.05, 4.69) is 17.2 Å². The van der Waals surface area contributed by atoms with E-state index in [4.69, 9.17) is 14.2 Å². The number of carbonyl (C=O) groups is 1. The zero-order chi connectivity index (χ0) is 19.3. The van der Waals surface area contributed by atoms with Crippen LogP contribution in [0.4, 0.5) is 5.13 Å². The van der Waals surface area contributed by atoms with Crippen molar-refractivity contribution < 1.29 is 19.0 Å². The highest BCUT2D eigenvalue weighted by Gasteiger charge is 2.14. The van der Waals surface area contributed by atoms with Crippen LogP contribution in [0.3, 0.4) is 0 Å². The van der Waals surface area contributed by atoms with Gasteiger partial charge in [-0.05, 0) is 42.3 Å². The summed E-state index contributed by atoms with van der Waals surface area (Å²) in [7, 11) is 0. The maximum absolute atomic E-state index is 12.2. The van der Waals surface area contributed by atoms with Gasteiger partial charge in [0.2, 0.25) is 0 Å². The average molecular weight is 396 g/mol. The van der Waals surface area contributed by atoms with Gasteiger partial charge in [0, 0.05) is 10.9 Å². The van der Waals surface area contributed by atoms with Crippen LogP contribution in [0, 0.1) is 0 Å². The topological polar surface area (TPSA) is 69.7 Å². The van der Waals surface area contributed by atoms with E-state index in [-0.39, 0.29) is 12.5 Å². The molecule has 1 aromatic heterocycles. The fourth-order valence-corrected chi connectivity index (χ4v) is 3.56. The quantitative estimate of drug-likeness (QED) is 0.677. The first kappa shape index (κ1) is 18.3. The van der Waals surface area contributed by atoms with E-state index in [1.54, 1.807) is 0 Å². The summed E-state index contributed by atoms with van der Waals surface area (Å²) in [6.45, 7) is 3.11. The van der Waals surface area contributed by atoms with Crippen molar-refractivity contribution in [2.45, 2.75) is 13.3 Å². The second-order valence-corrected chi connectivity index (χ2v) is 7.09. The maximum atomic E-state index is 12.2.